The zero-order chi connectivity index (χ0) is 14.8. The fraction of sp³-hybridized carbons (Fsp3) is 0.467. The van der Waals surface area contributed by atoms with Crippen molar-refractivity contribution in [3.05, 3.63) is 30.1 Å². The quantitative estimate of drug-likeness (QED) is 0.850. The molecule has 5 nitrogen and oxygen atoms in total. The Bertz CT molecular complexity index is 606. The average Bonchev–Trinajstić information content (AvgIpc) is 2.87. The number of carboxylic acid groups (broad SMARTS) is 1. The molecule has 0 amide bonds. The number of aromatic carboxylic acids is 1. The molecular formula is C15H20N2O3. The molecule has 0 aliphatic carbocycles. The van der Waals surface area contributed by atoms with Crippen LogP contribution in [-0.2, 0) is 6.54 Å². The van der Waals surface area contributed by atoms with Gasteiger partial charge in [0.1, 0.15) is 0 Å². The number of hydrogen-bond donors (Lipinski definition) is 2. The Kier molecular flexibility index (Phi) is 4.09. The Balaban J connectivity index is 2.44. The van der Waals surface area contributed by atoms with Crippen molar-refractivity contribution in [1.82, 2.24) is 9.55 Å². The Labute approximate surface area is 117 Å². The van der Waals surface area contributed by atoms with E-state index in [1.807, 2.05) is 4.57 Å². The number of aromatic nitrogens is 2. The number of aliphatic hydroxyl groups is 1. The van der Waals surface area contributed by atoms with Gasteiger partial charge in [-0.15, -0.1) is 0 Å². The Hall–Kier alpha value is -1.88. The van der Waals surface area contributed by atoms with Gasteiger partial charge in [-0.25, -0.2) is 9.78 Å². The normalized spacial score (nSPS) is 11.9. The lowest BCUT2D eigenvalue weighted by Crippen LogP contribution is -2.29. The van der Waals surface area contributed by atoms with Gasteiger partial charge < -0.3 is 14.8 Å². The van der Waals surface area contributed by atoms with Gasteiger partial charge in [0.2, 0.25) is 0 Å². The number of imidazole rings is 1. The smallest absolute Gasteiger partial charge is 0.335 e. The highest BCUT2D eigenvalue weighted by molar-refractivity contribution is 5.92. The van der Waals surface area contributed by atoms with Crippen LogP contribution in [0.3, 0.4) is 0 Å². The van der Waals surface area contributed by atoms with Gasteiger partial charge in [-0.3, -0.25) is 0 Å². The molecule has 1 aromatic heterocycles. The van der Waals surface area contributed by atoms with E-state index in [9.17, 15) is 9.90 Å². The van der Waals surface area contributed by atoms with E-state index in [2.05, 4.69) is 18.8 Å². The van der Waals surface area contributed by atoms with E-state index >= 15 is 0 Å². The molecule has 2 rings (SSSR count). The Morgan fingerprint density at radius 1 is 1.35 bits per heavy atom. The van der Waals surface area contributed by atoms with Gasteiger partial charge in [0, 0.05) is 12.0 Å². The van der Waals surface area contributed by atoms with Crippen molar-refractivity contribution in [3.63, 3.8) is 0 Å². The zero-order valence-electron chi connectivity index (χ0n) is 11.8. The first kappa shape index (κ1) is 14.5. The maximum Gasteiger partial charge on any atom is 0.335 e. The third-order valence-electron chi connectivity index (χ3n) is 4.21. The van der Waals surface area contributed by atoms with Gasteiger partial charge in [-0.2, -0.15) is 0 Å². The minimum Gasteiger partial charge on any atom is -0.478 e. The third-order valence-corrected chi connectivity index (χ3v) is 4.21. The predicted molar refractivity (Wildman–Crippen MR) is 76.8 cm³/mol. The summed E-state index contributed by atoms with van der Waals surface area (Å²) in [5, 5.41) is 18.7. The molecule has 0 saturated heterocycles. The van der Waals surface area contributed by atoms with Crippen molar-refractivity contribution in [2.24, 2.45) is 5.41 Å². The van der Waals surface area contributed by atoms with Crippen LogP contribution in [0.1, 0.15) is 37.0 Å². The van der Waals surface area contributed by atoms with Crippen LogP contribution in [0.5, 0.6) is 0 Å². The minimum atomic E-state index is -0.945. The molecule has 1 aromatic carbocycles. The summed E-state index contributed by atoms with van der Waals surface area (Å²) in [6.07, 6.45) is 3.43. The van der Waals surface area contributed by atoms with E-state index in [-0.39, 0.29) is 17.6 Å². The van der Waals surface area contributed by atoms with Crippen molar-refractivity contribution in [2.45, 2.75) is 33.2 Å². The van der Waals surface area contributed by atoms with Gasteiger partial charge in [0.05, 0.1) is 29.5 Å². The molecule has 20 heavy (non-hydrogen) atoms. The highest BCUT2D eigenvalue weighted by Crippen LogP contribution is 2.29. The lowest BCUT2D eigenvalue weighted by molar-refractivity contribution is 0.0697. The van der Waals surface area contributed by atoms with Gasteiger partial charge in [-0.1, -0.05) is 13.8 Å². The zero-order valence-corrected chi connectivity index (χ0v) is 11.8. The van der Waals surface area contributed by atoms with Gasteiger partial charge in [0.25, 0.3) is 0 Å². The van der Waals surface area contributed by atoms with Crippen molar-refractivity contribution in [1.29, 1.82) is 0 Å². The molecule has 0 aliphatic heterocycles. The van der Waals surface area contributed by atoms with Crippen LogP contribution in [-0.4, -0.2) is 32.3 Å². The summed E-state index contributed by atoms with van der Waals surface area (Å²) in [5.41, 5.74) is 1.63. The summed E-state index contributed by atoms with van der Waals surface area (Å²) in [6.45, 7) is 4.86. The van der Waals surface area contributed by atoms with Crippen LogP contribution in [0, 0.1) is 5.41 Å². The second-order valence-electron chi connectivity index (χ2n) is 5.25. The van der Waals surface area contributed by atoms with E-state index in [0.717, 1.165) is 23.9 Å². The molecule has 0 unspecified atom stereocenters. The van der Waals surface area contributed by atoms with Crippen molar-refractivity contribution in [3.8, 4) is 0 Å². The molecule has 0 bridgehead atoms. The maximum absolute atomic E-state index is 11.1. The van der Waals surface area contributed by atoms with E-state index in [1.165, 1.54) is 0 Å². The summed E-state index contributed by atoms with van der Waals surface area (Å²) in [7, 11) is 0. The van der Waals surface area contributed by atoms with E-state index in [0.29, 0.717) is 6.54 Å². The number of carboxylic acids is 1. The van der Waals surface area contributed by atoms with Crippen LogP contribution in [0.2, 0.25) is 0 Å². The van der Waals surface area contributed by atoms with E-state index in [1.54, 1.807) is 24.5 Å². The molecule has 5 heteroatoms. The van der Waals surface area contributed by atoms with Gasteiger partial charge in [0.15, 0.2) is 0 Å². The number of benzene rings is 1. The molecule has 0 spiro atoms. The second kappa shape index (κ2) is 5.63. The van der Waals surface area contributed by atoms with Gasteiger partial charge in [-0.05, 0) is 31.0 Å². The SMILES string of the molecule is CCC(CC)(CO)Cn1cnc2ccc(C(=O)O)cc21. The first-order valence-corrected chi connectivity index (χ1v) is 6.84. The molecule has 0 radical (unpaired) electrons. The molecule has 0 saturated carbocycles. The number of nitrogens with zero attached hydrogens (tertiary/aromatic N) is 2. The second-order valence-corrected chi connectivity index (χ2v) is 5.25. The summed E-state index contributed by atoms with van der Waals surface area (Å²) in [6, 6.07) is 4.91. The standard InChI is InChI=1S/C15H20N2O3/c1-3-15(4-2,9-18)8-17-10-16-12-6-5-11(14(19)20)7-13(12)17/h5-7,10,18H,3-4,8-9H2,1-2H3,(H,19,20). The highest BCUT2D eigenvalue weighted by Gasteiger charge is 2.26. The van der Waals surface area contributed by atoms with Crippen LogP contribution in [0.4, 0.5) is 0 Å². The number of hydrogen-bond acceptors (Lipinski definition) is 3. The first-order valence-electron chi connectivity index (χ1n) is 6.84. The third kappa shape index (κ3) is 2.54. The largest absolute Gasteiger partial charge is 0.478 e. The summed E-state index contributed by atoms with van der Waals surface area (Å²) < 4.78 is 1.94. The maximum atomic E-state index is 11.1. The van der Waals surface area contributed by atoms with Crippen molar-refractivity contribution < 1.29 is 15.0 Å². The number of rotatable bonds is 6. The lowest BCUT2D eigenvalue weighted by Gasteiger charge is -2.30. The summed E-state index contributed by atoms with van der Waals surface area (Å²) in [5.74, 6) is -0.945. The average molecular weight is 276 g/mol. The number of carbonyl (C=O) groups is 1. The summed E-state index contributed by atoms with van der Waals surface area (Å²) in [4.78, 5) is 15.4. The molecule has 2 aromatic rings. The van der Waals surface area contributed by atoms with E-state index < -0.39 is 5.97 Å². The Morgan fingerprint density at radius 2 is 2.05 bits per heavy atom. The Morgan fingerprint density at radius 3 is 2.60 bits per heavy atom. The number of aliphatic hydroxyl groups excluding tert-OH is 1. The van der Waals surface area contributed by atoms with E-state index in [4.69, 9.17) is 5.11 Å². The lowest BCUT2D eigenvalue weighted by atomic mass is 9.83. The topological polar surface area (TPSA) is 75.3 Å². The number of fused-ring (bicyclic) bond motifs is 1. The summed E-state index contributed by atoms with van der Waals surface area (Å²) >= 11 is 0. The molecule has 0 atom stereocenters. The molecule has 1 heterocycles. The molecule has 2 N–H and O–H groups in total. The fourth-order valence-corrected chi connectivity index (χ4v) is 2.42. The minimum absolute atomic E-state index is 0.109. The van der Waals surface area contributed by atoms with Crippen LogP contribution < -0.4 is 0 Å². The van der Waals surface area contributed by atoms with Crippen LogP contribution in [0.15, 0.2) is 24.5 Å². The molecule has 0 aliphatic rings. The van der Waals surface area contributed by atoms with Crippen LogP contribution in [0.25, 0.3) is 11.0 Å². The highest BCUT2D eigenvalue weighted by atomic mass is 16.4. The molecule has 0 fully saturated rings. The predicted octanol–water partition coefficient (Wildman–Crippen LogP) is 2.53. The molecule has 108 valence electrons. The van der Waals surface area contributed by atoms with Gasteiger partial charge >= 0.3 is 5.97 Å². The molecular weight excluding hydrogens is 256 g/mol. The monoisotopic (exact) mass is 276 g/mol. The van der Waals surface area contributed by atoms with Crippen molar-refractivity contribution >= 4 is 17.0 Å². The first-order chi connectivity index (χ1) is 9.55. The van der Waals surface area contributed by atoms with Crippen molar-refractivity contribution in [2.75, 3.05) is 6.61 Å². The van der Waals surface area contributed by atoms with Crippen LogP contribution >= 0.6 is 0 Å². The fourth-order valence-electron chi connectivity index (χ4n) is 2.42.